The number of nitrogens with one attached hydrogen (secondary N) is 1. The van der Waals surface area contributed by atoms with Crippen LogP contribution in [0.1, 0.15) is 0 Å². The first kappa shape index (κ1) is 6.67. The molecular formula is C6H6N2O2. The maximum atomic E-state index is 10.6. The van der Waals surface area contributed by atoms with Crippen LogP contribution in [0.3, 0.4) is 0 Å². The Hall–Kier alpha value is -1.45. The first-order chi connectivity index (χ1) is 4.84. The van der Waals surface area contributed by atoms with Crippen LogP contribution in [0.5, 0.6) is 0 Å². The zero-order chi connectivity index (χ0) is 7.40. The Morgan fingerprint density at radius 2 is 2.60 bits per heavy atom. The van der Waals surface area contributed by atoms with Crippen LogP contribution in [0.4, 0.5) is 0 Å². The highest BCUT2D eigenvalue weighted by molar-refractivity contribution is 6.33. The van der Waals surface area contributed by atoms with E-state index in [2.05, 4.69) is 10.3 Å². The van der Waals surface area contributed by atoms with E-state index in [4.69, 9.17) is 0 Å². The van der Waals surface area contributed by atoms with E-state index in [1.54, 1.807) is 0 Å². The summed E-state index contributed by atoms with van der Waals surface area (Å²) in [6, 6.07) is 0. The maximum Gasteiger partial charge on any atom is 0.241 e. The van der Waals surface area contributed by atoms with Gasteiger partial charge in [-0.15, -0.1) is 0 Å². The van der Waals surface area contributed by atoms with Gasteiger partial charge < -0.3 is 5.32 Å². The molecule has 1 heterocycles. The number of hydrogen-bond acceptors (Lipinski definition) is 4. The highest BCUT2D eigenvalue weighted by Crippen LogP contribution is 1.91. The van der Waals surface area contributed by atoms with Crippen molar-refractivity contribution in [3.8, 4) is 0 Å². The van der Waals surface area contributed by atoms with E-state index in [0.717, 1.165) is 0 Å². The first-order valence-electron chi connectivity index (χ1n) is 2.78. The fourth-order valence-corrected chi connectivity index (χ4v) is 0.602. The quantitative estimate of drug-likeness (QED) is 0.404. The second kappa shape index (κ2) is 2.91. The summed E-state index contributed by atoms with van der Waals surface area (Å²) in [5.74, 6) is -0.536. The fourth-order valence-electron chi connectivity index (χ4n) is 0.602. The number of Topliss-reactive ketones (excluding diaryl/α,β-unsaturated/α-hetero) is 1. The third-order valence-electron chi connectivity index (χ3n) is 1.08. The second-order valence-corrected chi connectivity index (χ2v) is 1.73. The largest absolute Gasteiger partial charge is 0.363 e. The van der Waals surface area contributed by atoms with E-state index in [-0.39, 0.29) is 6.29 Å². The molecule has 4 heteroatoms. The smallest absolute Gasteiger partial charge is 0.241 e. The van der Waals surface area contributed by atoms with Crippen molar-refractivity contribution in [3.05, 3.63) is 11.8 Å². The van der Waals surface area contributed by atoms with Gasteiger partial charge in [0.1, 0.15) is 6.67 Å². The lowest BCUT2D eigenvalue weighted by atomic mass is 10.3. The lowest BCUT2D eigenvalue weighted by Gasteiger charge is -2.05. The number of nitrogens with zero attached hydrogens (tertiary/aromatic N) is 1. The molecule has 0 aromatic heterocycles. The van der Waals surface area contributed by atoms with Crippen LogP contribution in [0, 0.1) is 0 Å². The van der Waals surface area contributed by atoms with E-state index in [0.29, 0.717) is 12.4 Å². The van der Waals surface area contributed by atoms with Gasteiger partial charge >= 0.3 is 0 Å². The van der Waals surface area contributed by atoms with Crippen LogP contribution < -0.4 is 5.32 Å². The van der Waals surface area contributed by atoms with Crippen molar-refractivity contribution in [2.75, 3.05) is 6.67 Å². The summed E-state index contributed by atoms with van der Waals surface area (Å²) >= 11 is 0. The molecule has 0 aromatic rings. The Bertz CT molecular complexity index is 218. The minimum atomic E-state index is -0.536. The monoisotopic (exact) mass is 138 g/mol. The molecule has 0 bridgehead atoms. The highest BCUT2D eigenvalue weighted by atomic mass is 16.2. The Morgan fingerprint density at radius 3 is 3.10 bits per heavy atom. The molecule has 0 saturated carbocycles. The molecule has 1 aliphatic heterocycles. The number of rotatable bonds is 2. The molecule has 0 atom stereocenters. The molecule has 1 rings (SSSR count). The van der Waals surface area contributed by atoms with Crippen molar-refractivity contribution in [1.29, 1.82) is 0 Å². The molecule has 0 aromatic carbocycles. The van der Waals surface area contributed by atoms with Crippen molar-refractivity contribution in [1.82, 2.24) is 5.32 Å². The van der Waals surface area contributed by atoms with Crippen molar-refractivity contribution < 1.29 is 9.59 Å². The van der Waals surface area contributed by atoms with E-state index < -0.39 is 5.78 Å². The highest BCUT2D eigenvalue weighted by Gasteiger charge is 2.06. The van der Waals surface area contributed by atoms with Crippen LogP contribution >= 0.6 is 0 Å². The molecular weight excluding hydrogens is 132 g/mol. The molecule has 0 amide bonds. The lowest BCUT2D eigenvalue weighted by Crippen LogP contribution is -2.23. The van der Waals surface area contributed by atoms with E-state index in [1.807, 2.05) is 0 Å². The van der Waals surface area contributed by atoms with Gasteiger partial charge in [0.15, 0.2) is 6.29 Å². The molecule has 0 saturated heterocycles. The van der Waals surface area contributed by atoms with Gasteiger partial charge in [-0.05, 0) is 6.08 Å². The number of ketones is 1. The van der Waals surface area contributed by atoms with Gasteiger partial charge in [-0.3, -0.25) is 14.6 Å². The molecule has 0 unspecified atom stereocenters. The van der Waals surface area contributed by atoms with Gasteiger partial charge in [0.2, 0.25) is 5.78 Å². The average molecular weight is 138 g/mol. The van der Waals surface area contributed by atoms with Crippen molar-refractivity contribution >= 4 is 18.3 Å². The van der Waals surface area contributed by atoms with E-state index in [1.165, 1.54) is 12.3 Å². The molecule has 0 fully saturated rings. The van der Waals surface area contributed by atoms with Gasteiger partial charge in [-0.25, -0.2) is 0 Å². The van der Waals surface area contributed by atoms with E-state index in [9.17, 15) is 9.59 Å². The predicted molar refractivity (Wildman–Crippen MR) is 35.6 cm³/mol. The standard InChI is InChI=1S/C6H6N2O2/c9-3-6(10)5-1-2-7-4-8-5/h1-3,8H,4H2. The van der Waals surface area contributed by atoms with Crippen molar-refractivity contribution in [3.63, 3.8) is 0 Å². The van der Waals surface area contributed by atoms with E-state index >= 15 is 0 Å². The summed E-state index contributed by atoms with van der Waals surface area (Å²) in [5, 5.41) is 2.65. The Morgan fingerprint density at radius 1 is 1.80 bits per heavy atom. The lowest BCUT2D eigenvalue weighted by molar-refractivity contribution is -0.127. The van der Waals surface area contributed by atoms with Gasteiger partial charge in [0.25, 0.3) is 0 Å². The SMILES string of the molecule is O=CC(=O)C1=CC=NCN1. The average Bonchev–Trinajstić information content (AvgIpc) is 2.05. The number of aldehydes is 1. The molecule has 10 heavy (non-hydrogen) atoms. The molecule has 0 aliphatic carbocycles. The van der Waals surface area contributed by atoms with Crippen LogP contribution in [-0.2, 0) is 9.59 Å². The first-order valence-corrected chi connectivity index (χ1v) is 2.78. The van der Waals surface area contributed by atoms with Gasteiger partial charge in [0.05, 0.1) is 5.70 Å². The predicted octanol–water partition coefficient (Wildman–Crippen LogP) is -0.730. The third-order valence-corrected chi connectivity index (χ3v) is 1.08. The fraction of sp³-hybridized carbons (Fsp3) is 0.167. The summed E-state index contributed by atoms with van der Waals surface area (Å²) in [6.07, 6.45) is 3.24. The topological polar surface area (TPSA) is 58.5 Å². The van der Waals surface area contributed by atoms with Gasteiger partial charge in [0, 0.05) is 6.21 Å². The minimum absolute atomic E-state index is 0.276. The maximum absolute atomic E-state index is 10.6. The van der Waals surface area contributed by atoms with Crippen molar-refractivity contribution in [2.24, 2.45) is 4.99 Å². The van der Waals surface area contributed by atoms with Crippen LogP contribution in [0.25, 0.3) is 0 Å². The van der Waals surface area contributed by atoms with Crippen LogP contribution in [0.15, 0.2) is 16.8 Å². The van der Waals surface area contributed by atoms with Crippen molar-refractivity contribution in [2.45, 2.75) is 0 Å². The summed E-state index contributed by atoms with van der Waals surface area (Å²) in [7, 11) is 0. The van der Waals surface area contributed by atoms with Gasteiger partial charge in [-0.1, -0.05) is 0 Å². The summed E-state index contributed by atoms with van der Waals surface area (Å²) in [6.45, 7) is 0.366. The third kappa shape index (κ3) is 1.28. The number of hydrogen-bond donors (Lipinski definition) is 1. The number of aliphatic imine (C=N–C) groups is 1. The molecule has 1 N–H and O–H groups in total. The molecule has 0 spiro atoms. The Balaban J connectivity index is 2.71. The summed E-state index contributed by atoms with van der Waals surface area (Å²) in [5.41, 5.74) is 0.310. The Labute approximate surface area is 57.6 Å². The summed E-state index contributed by atoms with van der Waals surface area (Å²) in [4.78, 5) is 24.3. The normalized spacial score (nSPS) is 15.4. The minimum Gasteiger partial charge on any atom is -0.363 e. The molecule has 0 radical (unpaired) electrons. The zero-order valence-electron chi connectivity index (χ0n) is 5.20. The zero-order valence-corrected chi connectivity index (χ0v) is 5.20. The van der Waals surface area contributed by atoms with Crippen LogP contribution in [0.2, 0.25) is 0 Å². The molecule has 1 aliphatic rings. The second-order valence-electron chi connectivity index (χ2n) is 1.73. The Kier molecular flexibility index (Phi) is 1.94. The number of allylic oxidation sites excluding steroid dienone is 2. The number of carbonyl (C=O) groups excluding carboxylic acids is 2. The van der Waals surface area contributed by atoms with Gasteiger partial charge in [-0.2, -0.15) is 0 Å². The van der Waals surface area contributed by atoms with Crippen LogP contribution in [-0.4, -0.2) is 25.0 Å². The number of carbonyl (C=O) groups is 2. The molecule has 4 nitrogen and oxygen atoms in total. The summed E-state index contributed by atoms with van der Waals surface area (Å²) < 4.78 is 0. The molecule has 52 valence electrons.